The van der Waals surface area contributed by atoms with Gasteiger partial charge in [0.15, 0.2) is 56.6 Å². The van der Waals surface area contributed by atoms with Crippen molar-refractivity contribution in [1.82, 2.24) is 21.3 Å². The summed E-state index contributed by atoms with van der Waals surface area (Å²) < 4.78 is 101. The maximum absolute atomic E-state index is 13.0. The van der Waals surface area contributed by atoms with E-state index in [9.17, 15) is 147 Å². The van der Waals surface area contributed by atoms with Gasteiger partial charge in [0.1, 0.15) is 219 Å². The molecular weight excluding hydrogens is 1540 g/mol. The summed E-state index contributed by atoms with van der Waals surface area (Å²) in [6.07, 6.45) is -85.1. The lowest BCUT2D eigenvalue weighted by Crippen LogP contribution is -2.71. The van der Waals surface area contributed by atoms with Gasteiger partial charge in [0.2, 0.25) is 23.6 Å². The first-order chi connectivity index (χ1) is 53.0. The molecule has 0 bridgehead atoms. The summed E-state index contributed by atoms with van der Waals surface area (Å²) in [5, 5.41) is 286. The topological polar surface area (TPSA) is 779 Å². The minimum absolute atomic E-state index is 0.788. The van der Waals surface area contributed by atoms with E-state index < -0.39 is 359 Å². The van der Waals surface area contributed by atoms with Gasteiger partial charge in [0, 0.05) is 27.7 Å². The Morgan fingerprint density at radius 3 is 0.830 bits per heavy atom. The van der Waals surface area contributed by atoms with Gasteiger partial charge in [-0.15, -0.1) is 0 Å². The van der Waals surface area contributed by atoms with Crippen molar-refractivity contribution in [2.24, 2.45) is 0 Å². The molecule has 9 aliphatic rings. The van der Waals surface area contributed by atoms with E-state index >= 15 is 0 Å². The fourth-order valence-electron chi connectivity index (χ4n) is 14.5. The van der Waals surface area contributed by atoms with Crippen molar-refractivity contribution in [3.63, 3.8) is 0 Å². The summed E-state index contributed by atoms with van der Waals surface area (Å²) in [6.45, 7) is -6.01. The van der Waals surface area contributed by atoms with Crippen LogP contribution in [-0.2, 0) is 99.7 Å². The number of ether oxygens (including phenoxy) is 17. The number of nitrogens with one attached hydrogen (secondary N) is 4. The zero-order valence-corrected chi connectivity index (χ0v) is 60.1. The van der Waals surface area contributed by atoms with Gasteiger partial charge in [-0.3, -0.25) is 19.2 Å². The minimum atomic E-state index is -2.57. The molecule has 0 saturated carbocycles. The van der Waals surface area contributed by atoms with Gasteiger partial charge < -0.3 is 229 Å². The molecule has 0 aromatic rings. The van der Waals surface area contributed by atoms with Crippen molar-refractivity contribution >= 4 is 23.6 Å². The predicted molar refractivity (Wildman–Crippen MR) is 343 cm³/mol. The first kappa shape index (κ1) is 92.1. The Kier molecular flexibility index (Phi) is 33.1. The molecule has 9 fully saturated rings. The maximum Gasteiger partial charge on any atom is 0.217 e. The number of aliphatic hydroxyl groups is 25. The summed E-state index contributed by atoms with van der Waals surface area (Å²) in [6, 6.07) is -7.42. The van der Waals surface area contributed by atoms with Crippen LogP contribution >= 0.6 is 0 Å². The summed E-state index contributed by atoms with van der Waals surface area (Å²) in [7, 11) is 0. The number of amides is 4. The summed E-state index contributed by atoms with van der Waals surface area (Å²) in [4.78, 5) is 50.9. The molecule has 29 N–H and O–H groups in total. The van der Waals surface area contributed by atoms with Crippen LogP contribution in [0.4, 0.5) is 0 Å². The second kappa shape index (κ2) is 40.3. The third kappa shape index (κ3) is 20.2. The monoisotopic (exact) mass is 1640 g/mol. The van der Waals surface area contributed by atoms with E-state index in [0.29, 0.717) is 0 Å². The second-order valence-electron chi connectivity index (χ2n) is 28.2. The van der Waals surface area contributed by atoms with Gasteiger partial charge in [0.05, 0.1) is 59.5 Å². The lowest BCUT2D eigenvalue weighted by molar-refractivity contribution is -0.399. The first-order valence-corrected chi connectivity index (χ1v) is 35.6. The molecule has 0 radical (unpaired) electrons. The van der Waals surface area contributed by atoms with E-state index in [2.05, 4.69) is 21.3 Å². The normalized spacial score (nSPS) is 48.9. The molecule has 45 atom stereocenters. The van der Waals surface area contributed by atoms with E-state index in [0.717, 1.165) is 27.7 Å². The van der Waals surface area contributed by atoms with Crippen LogP contribution in [0.5, 0.6) is 0 Å². The molecule has 0 spiro atoms. The van der Waals surface area contributed by atoms with E-state index in [1.54, 1.807) is 0 Å². The molecule has 9 unspecified atom stereocenters. The summed E-state index contributed by atoms with van der Waals surface area (Å²) in [5.41, 5.74) is 0. The van der Waals surface area contributed by atoms with Crippen LogP contribution in [0.15, 0.2) is 0 Å². The van der Waals surface area contributed by atoms with Crippen LogP contribution in [0.2, 0.25) is 0 Å². The summed E-state index contributed by atoms with van der Waals surface area (Å²) in [5.74, 6) is -3.62. The van der Waals surface area contributed by atoms with E-state index in [1.165, 1.54) is 0 Å². The fourth-order valence-corrected chi connectivity index (χ4v) is 14.5. The van der Waals surface area contributed by atoms with Crippen LogP contribution in [0, 0.1) is 0 Å². The molecule has 9 aliphatic heterocycles. The van der Waals surface area contributed by atoms with Crippen molar-refractivity contribution in [3.05, 3.63) is 0 Å². The van der Waals surface area contributed by atoms with Gasteiger partial charge in [-0.2, -0.15) is 0 Å². The van der Waals surface area contributed by atoms with Crippen molar-refractivity contribution in [2.75, 3.05) is 59.5 Å². The Hall–Kier alpha value is -3.80. The third-order valence-corrected chi connectivity index (χ3v) is 20.4. The molecule has 0 aliphatic carbocycles. The maximum atomic E-state index is 13.0. The molecule has 50 nitrogen and oxygen atoms in total. The zero-order valence-electron chi connectivity index (χ0n) is 60.1. The SMILES string of the molecule is CC(=O)N[C@H]1C(O)O[C@H](CO)[C@@H](OC2O[C@H](CO)[C@@H](OC3O[C@H](COC4O[C@H](CO)[C@@H](O)[C@H](O)[C@@H]4OC4O[C@H](CO)[C@@H](OC5O[C@H](CO)[C@H](O)[C@H](O)[C@H]5O)[C@H](O)[C@H]4NC(C)=O)[C@@H](O)[C@H](OC4O[C@H](CO)[C@@H](O)[C@H](O)[C@@H]4OC4O[C@H](CO)[C@@H](OC5O[C@H](CO)[C@H](O)[C@H](O)[C@H]5O)[C@H](O)[C@H]4NC(C)=O)[C@@H]3O)[C@H](O)[C@H]2NC(C)=O)[C@@H]1O. The van der Waals surface area contributed by atoms with Crippen LogP contribution < -0.4 is 21.3 Å². The smallest absolute Gasteiger partial charge is 0.217 e. The number of aliphatic hydroxyl groups excluding tert-OH is 25. The van der Waals surface area contributed by atoms with Gasteiger partial charge in [0.25, 0.3) is 0 Å². The highest BCUT2D eigenvalue weighted by atomic mass is 16.8. The highest BCUT2D eigenvalue weighted by molar-refractivity contribution is 5.74. The van der Waals surface area contributed by atoms with Gasteiger partial charge in [-0.1, -0.05) is 0 Å². The van der Waals surface area contributed by atoms with Gasteiger partial charge >= 0.3 is 0 Å². The Bertz CT molecular complexity index is 2970. The number of hydrogen-bond acceptors (Lipinski definition) is 46. The highest BCUT2D eigenvalue weighted by Crippen LogP contribution is 2.40. The molecule has 0 aromatic heterocycles. The standard InChI is InChI=1S/C62H104N4O46/c1-14(75)63-27-36(84)47(22(9-71)97-54(27)95)106-55-28(64-15(2)76)37(85)50(25(12-74)102-55)109-60-46(94)51(110-62-53(43(91)34(82)21(8-70)101-62)112-57-30(66-17(4)78)39(87)49(24(11-73)104-57)108-59-45(93)41(89)32(80)19(6-68)99-59)35(83)26(105-60)13-96-61-52(42(90)33(81)20(7-69)100-61)111-56-29(65-16(3)77)38(86)48(23(10-72)103-56)107-58-44(92)40(88)31(79)18(5-67)98-58/h18-62,67-74,79-95H,5-13H2,1-4H3,(H,63,75)(H,64,76)(H,65,77)(H,66,78)/t18-,19-,20-,21-,22-,23-,24-,25-,26-,27-,28-,29-,30-,31+,32+,33-,34-,35-,36-,37-,38-,39-,40+,41+,42+,43+,44-,45-,46+,47-,48-,49-,50-,51+,52+,53+,54?,55?,56?,57?,58?,59?,60?,61?,62?/m1/s1. The van der Waals surface area contributed by atoms with Crippen molar-refractivity contribution in [2.45, 2.75) is 304 Å². The van der Waals surface area contributed by atoms with E-state index in [1.807, 2.05) is 0 Å². The highest BCUT2D eigenvalue weighted by Gasteiger charge is 2.61. The van der Waals surface area contributed by atoms with Crippen molar-refractivity contribution in [3.8, 4) is 0 Å². The lowest BCUT2D eigenvalue weighted by Gasteiger charge is -2.51. The van der Waals surface area contributed by atoms with Crippen molar-refractivity contribution in [1.29, 1.82) is 0 Å². The zero-order chi connectivity index (χ0) is 82.5. The quantitative estimate of drug-likeness (QED) is 0.0331. The molecule has 50 heteroatoms. The number of rotatable bonds is 29. The molecule has 0 aromatic carbocycles. The minimum Gasteiger partial charge on any atom is -0.394 e. The molecule has 9 rings (SSSR count). The van der Waals surface area contributed by atoms with Gasteiger partial charge in [-0.05, 0) is 0 Å². The lowest BCUT2D eigenvalue weighted by atomic mass is 9.93. The predicted octanol–water partition coefficient (Wildman–Crippen LogP) is -20.1. The van der Waals surface area contributed by atoms with Crippen LogP contribution in [0.1, 0.15) is 27.7 Å². The average Bonchev–Trinajstić information content (AvgIpc) is 0.423. The van der Waals surface area contributed by atoms with E-state index in [4.69, 9.17) is 80.5 Å². The number of carbonyl (C=O) groups excluding carboxylic acids is 4. The Morgan fingerprint density at radius 2 is 0.482 bits per heavy atom. The fraction of sp³-hybridized carbons (Fsp3) is 0.935. The molecule has 9 saturated heterocycles. The van der Waals surface area contributed by atoms with Crippen LogP contribution in [0.3, 0.4) is 0 Å². The Labute approximate surface area is 634 Å². The van der Waals surface area contributed by atoms with Crippen LogP contribution in [-0.4, -0.2) is 487 Å². The third-order valence-electron chi connectivity index (χ3n) is 20.4. The van der Waals surface area contributed by atoms with Crippen LogP contribution in [0.25, 0.3) is 0 Å². The number of hydrogen-bond donors (Lipinski definition) is 29. The van der Waals surface area contributed by atoms with Gasteiger partial charge in [-0.25, -0.2) is 0 Å². The molecule has 648 valence electrons. The molecular formula is C62H104N4O46. The number of carbonyl (C=O) groups is 4. The molecule has 4 amide bonds. The summed E-state index contributed by atoms with van der Waals surface area (Å²) >= 11 is 0. The first-order valence-electron chi connectivity index (χ1n) is 35.6. The molecule has 112 heavy (non-hydrogen) atoms. The van der Waals surface area contributed by atoms with Crippen molar-refractivity contribution < 1.29 is 227 Å². The second-order valence-corrected chi connectivity index (χ2v) is 28.2. The average molecular weight is 1640 g/mol. The Morgan fingerprint density at radius 1 is 0.232 bits per heavy atom. The Balaban J connectivity index is 1.05. The largest absolute Gasteiger partial charge is 0.394 e. The molecule has 9 heterocycles. The van der Waals surface area contributed by atoms with E-state index in [-0.39, 0.29) is 0 Å².